The number of amides is 1. The van der Waals surface area contributed by atoms with Gasteiger partial charge >= 0.3 is 0 Å². The van der Waals surface area contributed by atoms with Crippen molar-refractivity contribution in [3.8, 4) is 0 Å². The summed E-state index contributed by atoms with van der Waals surface area (Å²) in [6.07, 6.45) is 0.0363. The van der Waals surface area contributed by atoms with Gasteiger partial charge in [-0.05, 0) is 24.3 Å². The highest BCUT2D eigenvalue weighted by Gasteiger charge is 2.20. The van der Waals surface area contributed by atoms with E-state index in [0.29, 0.717) is 26.2 Å². The molecule has 1 unspecified atom stereocenters. The first-order chi connectivity index (χ1) is 9.17. The molecule has 0 aliphatic carbocycles. The Morgan fingerprint density at radius 3 is 2.89 bits per heavy atom. The van der Waals surface area contributed by atoms with Gasteiger partial charge in [0.2, 0.25) is 5.91 Å². The molecule has 1 heterocycles. The first-order valence-corrected chi connectivity index (χ1v) is 7.06. The van der Waals surface area contributed by atoms with Gasteiger partial charge in [0.1, 0.15) is 0 Å². The van der Waals surface area contributed by atoms with Gasteiger partial charge in [0.25, 0.3) is 0 Å². The molecule has 6 heteroatoms. The number of hydrogen-bond donors (Lipinski definition) is 2. The lowest BCUT2D eigenvalue weighted by molar-refractivity contribution is -0.119. The molecule has 5 nitrogen and oxygen atoms in total. The molecule has 1 amide bonds. The fraction of sp³-hybridized carbons (Fsp3) is 0.462. The minimum absolute atomic E-state index is 0.0139. The molecule has 0 aromatic heterocycles. The van der Waals surface area contributed by atoms with E-state index in [1.165, 1.54) is 0 Å². The van der Waals surface area contributed by atoms with Crippen LogP contribution in [0, 0.1) is 0 Å². The van der Waals surface area contributed by atoms with Crippen molar-refractivity contribution in [2.75, 3.05) is 38.1 Å². The summed E-state index contributed by atoms with van der Waals surface area (Å²) in [6.45, 7) is 2.97. The molecule has 0 saturated carbocycles. The molecule has 19 heavy (non-hydrogen) atoms. The first-order valence-electron chi connectivity index (χ1n) is 6.27. The normalized spacial score (nSPS) is 20.2. The zero-order chi connectivity index (χ0) is 13.7. The SMILES string of the molecule is NCC1CN(CC(=O)Nc2ccc(Br)cc2)CCO1. The lowest BCUT2D eigenvalue weighted by Crippen LogP contribution is -2.48. The van der Waals surface area contributed by atoms with E-state index in [0.717, 1.165) is 16.7 Å². The van der Waals surface area contributed by atoms with Crippen molar-refractivity contribution in [3.63, 3.8) is 0 Å². The van der Waals surface area contributed by atoms with E-state index >= 15 is 0 Å². The second-order valence-corrected chi connectivity index (χ2v) is 5.43. The molecule has 1 aromatic rings. The predicted molar refractivity (Wildman–Crippen MR) is 78.0 cm³/mol. The standard InChI is InChI=1S/C13H18BrN3O2/c14-10-1-3-11(4-2-10)16-13(18)9-17-5-6-19-12(7-15)8-17/h1-4,12H,5-9,15H2,(H,16,18). The van der Waals surface area contributed by atoms with Crippen LogP contribution in [0.15, 0.2) is 28.7 Å². The average Bonchev–Trinajstić information content (AvgIpc) is 2.41. The third kappa shape index (κ3) is 4.58. The predicted octanol–water partition coefficient (Wildman–Crippen LogP) is 1.05. The minimum atomic E-state index is -0.0139. The molecule has 1 aromatic carbocycles. The number of hydrogen-bond acceptors (Lipinski definition) is 4. The van der Waals surface area contributed by atoms with Gasteiger partial charge in [-0.2, -0.15) is 0 Å². The number of benzene rings is 1. The van der Waals surface area contributed by atoms with Crippen molar-refractivity contribution in [1.82, 2.24) is 4.90 Å². The summed E-state index contributed by atoms with van der Waals surface area (Å²) in [4.78, 5) is 14.0. The van der Waals surface area contributed by atoms with Crippen molar-refractivity contribution in [3.05, 3.63) is 28.7 Å². The number of anilines is 1. The maximum Gasteiger partial charge on any atom is 0.238 e. The maximum absolute atomic E-state index is 11.9. The highest BCUT2D eigenvalue weighted by Crippen LogP contribution is 2.14. The van der Waals surface area contributed by atoms with E-state index in [-0.39, 0.29) is 12.0 Å². The van der Waals surface area contributed by atoms with Crippen LogP contribution >= 0.6 is 15.9 Å². The maximum atomic E-state index is 11.9. The second-order valence-electron chi connectivity index (χ2n) is 4.52. The van der Waals surface area contributed by atoms with Crippen molar-refractivity contribution in [1.29, 1.82) is 0 Å². The minimum Gasteiger partial charge on any atom is -0.374 e. The highest BCUT2D eigenvalue weighted by atomic mass is 79.9. The summed E-state index contributed by atoms with van der Waals surface area (Å²) >= 11 is 3.36. The monoisotopic (exact) mass is 327 g/mol. The quantitative estimate of drug-likeness (QED) is 0.867. The van der Waals surface area contributed by atoms with Gasteiger partial charge in [-0.25, -0.2) is 0 Å². The van der Waals surface area contributed by atoms with Crippen LogP contribution < -0.4 is 11.1 Å². The van der Waals surface area contributed by atoms with Crippen molar-refractivity contribution in [2.45, 2.75) is 6.10 Å². The summed E-state index contributed by atoms with van der Waals surface area (Å²) in [5, 5.41) is 2.88. The smallest absolute Gasteiger partial charge is 0.238 e. The summed E-state index contributed by atoms with van der Waals surface area (Å²) in [5.41, 5.74) is 6.38. The molecule has 1 fully saturated rings. The molecule has 104 valence electrons. The Morgan fingerprint density at radius 2 is 2.21 bits per heavy atom. The Kier molecular flexibility index (Phi) is 5.33. The van der Waals surface area contributed by atoms with Crippen molar-refractivity contribution < 1.29 is 9.53 Å². The molecular weight excluding hydrogens is 310 g/mol. The summed E-state index contributed by atoms with van der Waals surface area (Å²) in [5.74, 6) is -0.0139. The Morgan fingerprint density at radius 1 is 1.47 bits per heavy atom. The van der Waals surface area contributed by atoms with Crippen LogP contribution in [0.25, 0.3) is 0 Å². The molecule has 1 atom stereocenters. The van der Waals surface area contributed by atoms with E-state index in [4.69, 9.17) is 10.5 Å². The Hall–Kier alpha value is -0.950. The van der Waals surface area contributed by atoms with Crippen LogP contribution in [0.4, 0.5) is 5.69 Å². The molecule has 1 aliphatic heterocycles. The molecule has 0 bridgehead atoms. The van der Waals surface area contributed by atoms with Gasteiger partial charge in [-0.1, -0.05) is 15.9 Å². The zero-order valence-electron chi connectivity index (χ0n) is 10.6. The number of nitrogens with one attached hydrogen (secondary N) is 1. The van der Waals surface area contributed by atoms with Crippen LogP contribution in [0.1, 0.15) is 0 Å². The van der Waals surface area contributed by atoms with E-state index in [1.54, 1.807) is 0 Å². The van der Waals surface area contributed by atoms with Crippen LogP contribution in [0.3, 0.4) is 0 Å². The second kappa shape index (κ2) is 7.00. The number of morpholine rings is 1. The molecule has 1 aliphatic rings. The van der Waals surface area contributed by atoms with Gasteiger partial charge in [0.05, 0.1) is 19.3 Å². The summed E-state index contributed by atoms with van der Waals surface area (Å²) in [7, 11) is 0. The van der Waals surface area contributed by atoms with Crippen LogP contribution in [-0.4, -0.2) is 49.7 Å². The summed E-state index contributed by atoms with van der Waals surface area (Å²) in [6, 6.07) is 7.53. The van der Waals surface area contributed by atoms with Crippen molar-refractivity contribution in [2.24, 2.45) is 5.73 Å². The number of carbonyl (C=O) groups is 1. The van der Waals surface area contributed by atoms with E-state index < -0.39 is 0 Å². The molecule has 2 rings (SSSR count). The van der Waals surface area contributed by atoms with E-state index in [2.05, 4.69) is 26.1 Å². The van der Waals surface area contributed by atoms with Crippen molar-refractivity contribution >= 4 is 27.5 Å². The Bertz CT molecular complexity index is 424. The third-order valence-corrected chi connectivity index (χ3v) is 3.51. The van der Waals surface area contributed by atoms with Crippen LogP contribution in [0.5, 0.6) is 0 Å². The number of carbonyl (C=O) groups excluding carboxylic acids is 1. The van der Waals surface area contributed by atoms with Gasteiger partial charge in [-0.15, -0.1) is 0 Å². The van der Waals surface area contributed by atoms with Crippen LogP contribution in [0.2, 0.25) is 0 Å². The Labute approximate surface area is 121 Å². The van der Waals surface area contributed by atoms with Gasteiger partial charge in [0, 0.05) is 29.8 Å². The van der Waals surface area contributed by atoms with Gasteiger partial charge < -0.3 is 15.8 Å². The number of nitrogens with two attached hydrogens (primary N) is 1. The largest absolute Gasteiger partial charge is 0.374 e. The zero-order valence-corrected chi connectivity index (χ0v) is 12.2. The average molecular weight is 328 g/mol. The number of ether oxygens (including phenoxy) is 1. The first kappa shape index (κ1) is 14.5. The fourth-order valence-electron chi connectivity index (χ4n) is 2.00. The lowest BCUT2D eigenvalue weighted by atomic mass is 10.2. The molecule has 1 saturated heterocycles. The highest BCUT2D eigenvalue weighted by molar-refractivity contribution is 9.10. The van der Waals surface area contributed by atoms with Crippen LogP contribution in [-0.2, 0) is 9.53 Å². The molecular formula is C13H18BrN3O2. The van der Waals surface area contributed by atoms with E-state index in [1.807, 2.05) is 24.3 Å². The summed E-state index contributed by atoms with van der Waals surface area (Å²) < 4.78 is 6.46. The Balaban J connectivity index is 1.82. The van der Waals surface area contributed by atoms with Gasteiger partial charge in [-0.3, -0.25) is 9.69 Å². The lowest BCUT2D eigenvalue weighted by Gasteiger charge is -2.31. The molecule has 3 N–H and O–H groups in total. The van der Waals surface area contributed by atoms with Gasteiger partial charge in [0.15, 0.2) is 0 Å². The molecule has 0 radical (unpaired) electrons. The fourth-order valence-corrected chi connectivity index (χ4v) is 2.27. The molecule has 0 spiro atoms. The number of halogens is 1. The van der Waals surface area contributed by atoms with E-state index in [9.17, 15) is 4.79 Å². The number of rotatable bonds is 4. The topological polar surface area (TPSA) is 67.6 Å². The third-order valence-electron chi connectivity index (χ3n) is 2.98. The number of nitrogens with zero attached hydrogens (tertiary/aromatic N) is 1.